The molecule has 0 saturated carbocycles. The van der Waals surface area contributed by atoms with Crippen LogP contribution in [0.5, 0.6) is 5.75 Å². The second-order valence-electron chi connectivity index (χ2n) is 6.91. The van der Waals surface area contributed by atoms with Gasteiger partial charge in [0, 0.05) is 17.7 Å². The van der Waals surface area contributed by atoms with Crippen LogP contribution in [0.1, 0.15) is 17.5 Å². The van der Waals surface area contributed by atoms with Crippen LogP contribution in [0.25, 0.3) is 20.8 Å². The van der Waals surface area contributed by atoms with E-state index in [1.807, 2.05) is 60.7 Å². The molecule has 0 bridgehead atoms. The first-order valence-electron chi connectivity index (χ1n) is 9.52. The molecule has 4 nitrogen and oxygen atoms in total. The number of nitrogens with zero attached hydrogens (tertiary/aromatic N) is 1. The molecule has 3 aromatic carbocycles. The summed E-state index contributed by atoms with van der Waals surface area (Å²) in [6.45, 7) is 2.05. The molecular weight excluding hydrogens is 380 g/mol. The van der Waals surface area contributed by atoms with E-state index in [0.29, 0.717) is 12.8 Å². The van der Waals surface area contributed by atoms with Crippen molar-refractivity contribution in [2.45, 2.75) is 19.8 Å². The summed E-state index contributed by atoms with van der Waals surface area (Å²) < 4.78 is 6.34. The lowest BCUT2D eigenvalue weighted by Crippen LogP contribution is -2.12. The first-order valence-corrected chi connectivity index (χ1v) is 10.3. The number of thiazole rings is 1. The fraction of sp³-hybridized carbons (Fsp3) is 0.167. The summed E-state index contributed by atoms with van der Waals surface area (Å²) in [4.78, 5) is 17.1. The summed E-state index contributed by atoms with van der Waals surface area (Å²) in [5.41, 5.74) is 5.14. The van der Waals surface area contributed by atoms with Crippen LogP contribution in [0.2, 0.25) is 0 Å². The summed E-state index contributed by atoms with van der Waals surface area (Å²) in [7, 11) is 1.65. The third-order valence-corrected chi connectivity index (χ3v) is 5.90. The minimum Gasteiger partial charge on any atom is -0.497 e. The molecule has 0 atom stereocenters. The molecule has 1 amide bonds. The molecule has 0 aliphatic heterocycles. The van der Waals surface area contributed by atoms with Crippen molar-refractivity contribution in [1.82, 2.24) is 4.98 Å². The van der Waals surface area contributed by atoms with Crippen molar-refractivity contribution in [2.75, 3.05) is 12.4 Å². The van der Waals surface area contributed by atoms with Gasteiger partial charge in [-0.15, -0.1) is 11.3 Å². The molecule has 0 aliphatic rings. The van der Waals surface area contributed by atoms with E-state index < -0.39 is 0 Å². The van der Waals surface area contributed by atoms with Gasteiger partial charge in [-0.1, -0.05) is 24.3 Å². The number of amides is 1. The number of anilines is 1. The number of para-hydroxylation sites is 1. The SMILES string of the molecule is COc1ccc(CCC(=O)Nc2ccc(-c3nc4ccccc4s3)c(C)c2)cc1. The number of rotatable bonds is 6. The molecule has 1 N–H and O–H groups in total. The van der Waals surface area contributed by atoms with E-state index in [1.165, 1.54) is 4.70 Å². The number of hydrogen-bond donors (Lipinski definition) is 1. The fourth-order valence-electron chi connectivity index (χ4n) is 3.24. The maximum Gasteiger partial charge on any atom is 0.224 e. The van der Waals surface area contributed by atoms with Gasteiger partial charge in [-0.3, -0.25) is 4.79 Å². The highest BCUT2D eigenvalue weighted by atomic mass is 32.1. The highest BCUT2D eigenvalue weighted by molar-refractivity contribution is 7.21. The Balaban J connectivity index is 1.41. The molecule has 0 fully saturated rings. The van der Waals surface area contributed by atoms with E-state index in [9.17, 15) is 4.79 Å². The quantitative estimate of drug-likeness (QED) is 0.440. The first kappa shape index (κ1) is 19.2. The minimum absolute atomic E-state index is 0.00737. The normalized spacial score (nSPS) is 10.8. The molecule has 0 aliphatic carbocycles. The predicted octanol–water partition coefficient (Wildman–Crippen LogP) is 5.85. The molecule has 146 valence electrons. The zero-order valence-corrected chi connectivity index (χ0v) is 17.3. The number of fused-ring (bicyclic) bond motifs is 1. The molecule has 0 spiro atoms. The minimum atomic E-state index is 0.00737. The van der Waals surface area contributed by atoms with Crippen LogP contribution in [0.3, 0.4) is 0 Å². The van der Waals surface area contributed by atoms with Gasteiger partial charge < -0.3 is 10.1 Å². The topological polar surface area (TPSA) is 51.2 Å². The van der Waals surface area contributed by atoms with Gasteiger partial charge in [-0.2, -0.15) is 0 Å². The third kappa shape index (κ3) is 4.46. The summed E-state index contributed by atoms with van der Waals surface area (Å²) >= 11 is 1.69. The Morgan fingerprint density at radius 3 is 2.59 bits per heavy atom. The molecule has 0 saturated heterocycles. The van der Waals surface area contributed by atoms with Crippen molar-refractivity contribution in [1.29, 1.82) is 0 Å². The fourth-order valence-corrected chi connectivity index (χ4v) is 4.30. The second-order valence-corrected chi connectivity index (χ2v) is 7.94. The van der Waals surface area contributed by atoms with Crippen molar-refractivity contribution in [3.8, 4) is 16.3 Å². The van der Waals surface area contributed by atoms with Crippen LogP contribution < -0.4 is 10.1 Å². The van der Waals surface area contributed by atoms with Crippen molar-refractivity contribution >= 4 is 33.1 Å². The monoisotopic (exact) mass is 402 g/mol. The summed E-state index contributed by atoms with van der Waals surface area (Å²) in [6.07, 6.45) is 1.13. The van der Waals surface area contributed by atoms with Gasteiger partial charge in [0.2, 0.25) is 5.91 Å². The number of aryl methyl sites for hydroxylation is 2. The van der Waals surface area contributed by atoms with Crippen molar-refractivity contribution in [3.05, 3.63) is 77.9 Å². The second kappa shape index (κ2) is 8.45. The highest BCUT2D eigenvalue weighted by Crippen LogP contribution is 2.33. The molecule has 29 heavy (non-hydrogen) atoms. The van der Waals surface area contributed by atoms with E-state index in [-0.39, 0.29) is 5.91 Å². The van der Waals surface area contributed by atoms with E-state index in [4.69, 9.17) is 9.72 Å². The lowest BCUT2D eigenvalue weighted by molar-refractivity contribution is -0.116. The van der Waals surface area contributed by atoms with E-state index in [1.54, 1.807) is 18.4 Å². The van der Waals surface area contributed by atoms with Crippen LogP contribution in [0.15, 0.2) is 66.7 Å². The average Bonchev–Trinajstić information content (AvgIpc) is 3.16. The summed E-state index contributed by atoms with van der Waals surface area (Å²) in [5, 5.41) is 4.00. The number of hydrogen-bond acceptors (Lipinski definition) is 4. The van der Waals surface area contributed by atoms with Crippen molar-refractivity contribution in [3.63, 3.8) is 0 Å². The van der Waals surface area contributed by atoms with E-state index in [2.05, 4.69) is 18.3 Å². The highest BCUT2D eigenvalue weighted by Gasteiger charge is 2.10. The number of aromatic nitrogens is 1. The molecule has 4 aromatic rings. The predicted molar refractivity (Wildman–Crippen MR) is 120 cm³/mol. The number of carbonyl (C=O) groups is 1. The third-order valence-electron chi connectivity index (χ3n) is 4.83. The molecule has 1 aromatic heterocycles. The zero-order chi connectivity index (χ0) is 20.2. The van der Waals surface area contributed by atoms with Gasteiger partial charge >= 0.3 is 0 Å². The summed E-state index contributed by atoms with van der Waals surface area (Å²) in [5.74, 6) is 0.829. The molecule has 0 radical (unpaired) electrons. The van der Waals surface area contributed by atoms with Crippen LogP contribution >= 0.6 is 11.3 Å². The maximum atomic E-state index is 12.3. The van der Waals surface area contributed by atoms with Gasteiger partial charge in [-0.05, 0) is 66.9 Å². The van der Waals surface area contributed by atoms with Crippen molar-refractivity contribution < 1.29 is 9.53 Å². The Bertz CT molecular complexity index is 1120. The Labute approximate surface area is 174 Å². The van der Waals surface area contributed by atoms with Crippen LogP contribution in [0.4, 0.5) is 5.69 Å². The molecule has 5 heteroatoms. The Hall–Kier alpha value is -3.18. The van der Waals surface area contributed by atoms with Gasteiger partial charge in [0.05, 0.1) is 17.3 Å². The molecular formula is C24H22N2O2S. The summed E-state index contributed by atoms with van der Waals surface area (Å²) in [6, 6.07) is 21.9. The lowest BCUT2D eigenvalue weighted by Gasteiger charge is -2.09. The molecule has 4 rings (SSSR count). The van der Waals surface area contributed by atoms with Gasteiger partial charge in [0.15, 0.2) is 0 Å². The molecule has 1 heterocycles. The largest absolute Gasteiger partial charge is 0.497 e. The maximum absolute atomic E-state index is 12.3. The number of ether oxygens (including phenoxy) is 1. The Kier molecular flexibility index (Phi) is 5.58. The Morgan fingerprint density at radius 1 is 1.07 bits per heavy atom. The van der Waals surface area contributed by atoms with Crippen LogP contribution in [-0.4, -0.2) is 18.0 Å². The number of nitrogens with one attached hydrogen (secondary N) is 1. The smallest absolute Gasteiger partial charge is 0.224 e. The van der Waals surface area contributed by atoms with Crippen LogP contribution in [0, 0.1) is 6.92 Å². The van der Waals surface area contributed by atoms with Gasteiger partial charge in [0.1, 0.15) is 10.8 Å². The van der Waals surface area contributed by atoms with Gasteiger partial charge in [0.25, 0.3) is 0 Å². The number of carbonyl (C=O) groups excluding carboxylic acids is 1. The first-order chi connectivity index (χ1) is 14.1. The van der Waals surface area contributed by atoms with E-state index >= 15 is 0 Å². The number of methoxy groups -OCH3 is 1. The zero-order valence-electron chi connectivity index (χ0n) is 16.4. The standard InChI is InChI=1S/C24H22N2O2S/c1-16-15-18(25-23(27)14-9-17-7-11-19(28-2)12-8-17)10-13-20(16)24-26-21-5-3-4-6-22(21)29-24/h3-8,10-13,15H,9,14H2,1-2H3,(H,25,27). The Morgan fingerprint density at radius 2 is 1.86 bits per heavy atom. The van der Waals surface area contributed by atoms with E-state index in [0.717, 1.165) is 38.7 Å². The average molecular weight is 403 g/mol. The van der Waals surface area contributed by atoms with Gasteiger partial charge in [-0.25, -0.2) is 4.98 Å². The van der Waals surface area contributed by atoms with Crippen LogP contribution in [-0.2, 0) is 11.2 Å². The van der Waals surface area contributed by atoms with Crippen molar-refractivity contribution in [2.24, 2.45) is 0 Å². The molecule has 0 unspecified atom stereocenters. The number of benzene rings is 3. The lowest BCUT2D eigenvalue weighted by atomic mass is 10.1.